The van der Waals surface area contributed by atoms with Crippen LogP contribution in [-0.2, 0) is 0 Å². The van der Waals surface area contributed by atoms with Gasteiger partial charge in [0.25, 0.3) is 5.91 Å². The highest BCUT2D eigenvalue weighted by molar-refractivity contribution is 5.96. The molecule has 1 saturated heterocycles. The van der Waals surface area contributed by atoms with E-state index in [2.05, 4.69) is 14.9 Å². The maximum absolute atomic E-state index is 12.9. The standard InChI is InChI=1S/C24H22N4O3/c1-30-19-8-6-17(7-9-19)20-15-23(26-16-25-20)27-10-12-28(13-11-27)24(29)22-14-18-4-2-3-5-21(18)31-22/h2-9,14-16H,10-13H2,1H3. The first-order valence-corrected chi connectivity index (χ1v) is 10.2. The number of methoxy groups -OCH3 is 1. The number of para-hydroxylation sites is 1. The van der Waals surface area contributed by atoms with Crippen LogP contribution in [0.2, 0.25) is 0 Å². The van der Waals surface area contributed by atoms with Gasteiger partial charge in [-0.15, -0.1) is 0 Å². The molecule has 7 nitrogen and oxygen atoms in total. The van der Waals surface area contributed by atoms with Gasteiger partial charge < -0.3 is 19.0 Å². The first-order valence-electron chi connectivity index (χ1n) is 10.2. The molecule has 0 N–H and O–H groups in total. The minimum atomic E-state index is -0.0718. The summed E-state index contributed by atoms with van der Waals surface area (Å²) in [5.41, 5.74) is 2.59. The van der Waals surface area contributed by atoms with Crippen LogP contribution in [0.3, 0.4) is 0 Å². The summed E-state index contributed by atoms with van der Waals surface area (Å²) >= 11 is 0. The van der Waals surface area contributed by atoms with Gasteiger partial charge in [-0.3, -0.25) is 4.79 Å². The fraction of sp³-hybridized carbons (Fsp3) is 0.208. The highest BCUT2D eigenvalue weighted by Gasteiger charge is 2.25. The predicted octanol–water partition coefficient (Wildman–Crippen LogP) is 3.86. The largest absolute Gasteiger partial charge is 0.497 e. The number of furan rings is 1. The van der Waals surface area contributed by atoms with Crippen molar-refractivity contribution in [2.24, 2.45) is 0 Å². The van der Waals surface area contributed by atoms with E-state index < -0.39 is 0 Å². The molecule has 156 valence electrons. The van der Waals surface area contributed by atoms with E-state index in [0.717, 1.165) is 33.8 Å². The van der Waals surface area contributed by atoms with Crippen molar-refractivity contribution < 1.29 is 13.9 Å². The minimum absolute atomic E-state index is 0.0718. The molecule has 1 amide bonds. The Morgan fingerprint density at radius 3 is 2.48 bits per heavy atom. The Morgan fingerprint density at radius 1 is 0.968 bits per heavy atom. The lowest BCUT2D eigenvalue weighted by molar-refractivity contribution is 0.0717. The van der Waals surface area contributed by atoms with Crippen molar-refractivity contribution >= 4 is 22.7 Å². The Morgan fingerprint density at radius 2 is 1.74 bits per heavy atom. The highest BCUT2D eigenvalue weighted by Crippen LogP contribution is 2.25. The number of nitrogens with zero attached hydrogens (tertiary/aromatic N) is 4. The minimum Gasteiger partial charge on any atom is -0.497 e. The van der Waals surface area contributed by atoms with Crippen molar-refractivity contribution in [2.45, 2.75) is 0 Å². The number of piperazine rings is 1. The van der Waals surface area contributed by atoms with Gasteiger partial charge in [0.05, 0.1) is 12.8 Å². The topological polar surface area (TPSA) is 71.7 Å². The predicted molar refractivity (Wildman–Crippen MR) is 118 cm³/mol. The van der Waals surface area contributed by atoms with E-state index in [1.165, 1.54) is 0 Å². The van der Waals surface area contributed by atoms with Gasteiger partial charge in [0.15, 0.2) is 5.76 Å². The smallest absolute Gasteiger partial charge is 0.289 e. The van der Waals surface area contributed by atoms with Crippen molar-refractivity contribution in [3.05, 3.63) is 72.8 Å². The first-order chi connectivity index (χ1) is 15.2. The van der Waals surface area contributed by atoms with Gasteiger partial charge in [-0.1, -0.05) is 18.2 Å². The van der Waals surface area contributed by atoms with E-state index in [9.17, 15) is 4.79 Å². The second kappa shape index (κ2) is 8.10. The van der Waals surface area contributed by atoms with Crippen molar-refractivity contribution in [1.82, 2.24) is 14.9 Å². The normalized spacial score (nSPS) is 14.1. The number of hydrogen-bond donors (Lipinski definition) is 0. The number of rotatable bonds is 4. The molecule has 2 aromatic carbocycles. The maximum Gasteiger partial charge on any atom is 0.289 e. The Balaban J connectivity index is 1.27. The molecule has 3 heterocycles. The van der Waals surface area contributed by atoms with E-state index in [1.54, 1.807) is 13.4 Å². The number of fused-ring (bicyclic) bond motifs is 1. The number of carbonyl (C=O) groups excluding carboxylic acids is 1. The van der Waals surface area contributed by atoms with Crippen molar-refractivity contribution in [3.8, 4) is 17.0 Å². The molecular weight excluding hydrogens is 392 g/mol. The van der Waals surface area contributed by atoms with E-state index >= 15 is 0 Å². The van der Waals surface area contributed by atoms with E-state index in [0.29, 0.717) is 31.9 Å². The molecule has 31 heavy (non-hydrogen) atoms. The van der Waals surface area contributed by atoms with Crippen LogP contribution in [-0.4, -0.2) is 54.1 Å². The number of ether oxygens (including phenoxy) is 1. The second-order valence-corrected chi connectivity index (χ2v) is 7.42. The summed E-state index contributed by atoms with van der Waals surface area (Å²) in [5, 5.41) is 0.941. The van der Waals surface area contributed by atoms with Crippen molar-refractivity contribution in [2.75, 3.05) is 38.2 Å². The molecule has 2 aromatic heterocycles. The molecule has 0 aliphatic carbocycles. The SMILES string of the molecule is COc1ccc(-c2cc(N3CCN(C(=O)c4cc5ccccc5o4)CC3)ncn2)cc1. The molecule has 0 atom stereocenters. The number of aromatic nitrogens is 2. The molecule has 0 saturated carbocycles. The maximum atomic E-state index is 12.9. The third kappa shape index (κ3) is 3.82. The zero-order valence-electron chi connectivity index (χ0n) is 17.2. The van der Waals surface area contributed by atoms with Crippen LogP contribution in [0.5, 0.6) is 5.75 Å². The van der Waals surface area contributed by atoms with Crippen LogP contribution >= 0.6 is 0 Å². The van der Waals surface area contributed by atoms with Gasteiger partial charge >= 0.3 is 0 Å². The molecule has 7 heteroatoms. The Bertz CT molecular complexity index is 1180. The number of carbonyl (C=O) groups is 1. The number of amides is 1. The fourth-order valence-corrected chi connectivity index (χ4v) is 3.82. The van der Waals surface area contributed by atoms with E-state index in [-0.39, 0.29) is 5.91 Å². The van der Waals surface area contributed by atoms with Gasteiger partial charge in [-0.25, -0.2) is 9.97 Å². The molecular formula is C24H22N4O3. The highest BCUT2D eigenvalue weighted by atomic mass is 16.5. The average molecular weight is 414 g/mol. The Labute approximate surface area is 179 Å². The fourth-order valence-electron chi connectivity index (χ4n) is 3.82. The summed E-state index contributed by atoms with van der Waals surface area (Å²) in [6.07, 6.45) is 1.58. The molecule has 0 bridgehead atoms. The molecule has 0 spiro atoms. The third-order valence-electron chi connectivity index (χ3n) is 5.57. The lowest BCUT2D eigenvalue weighted by Crippen LogP contribution is -2.49. The number of anilines is 1. The summed E-state index contributed by atoms with van der Waals surface area (Å²) in [6.45, 7) is 2.62. The molecule has 0 radical (unpaired) electrons. The van der Waals surface area contributed by atoms with Crippen LogP contribution < -0.4 is 9.64 Å². The first kappa shape index (κ1) is 19.1. The van der Waals surface area contributed by atoms with Crippen LogP contribution in [0.4, 0.5) is 5.82 Å². The van der Waals surface area contributed by atoms with Crippen molar-refractivity contribution in [3.63, 3.8) is 0 Å². The van der Waals surface area contributed by atoms with Crippen LogP contribution in [0.25, 0.3) is 22.2 Å². The second-order valence-electron chi connectivity index (χ2n) is 7.42. The summed E-state index contributed by atoms with van der Waals surface area (Å²) in [4.78, 5) is 25.7. The van der Waals surface area contributed by atoms with Crippen LogP contribution in [0.1, 0.15) is 10.6 Å². The average Bonchev–Trinajstić information content (AvgIpc) is 3.28. The van der Waals surface area contributed by atoms with Crippen LogP contribution in [0.15, 0.2) is 71.4 Å². The zero-order chi connectivity index (χ0) is 21.2. The third-order valence-corrected chi connectivity index (χ3v) is 5.57. The summed E-state index contributed by atoms with van der Waals surface area (Å²) in [6, 6.07) is 19.3. The monoisotopic (exact) mass is 414 g/mol. The van der Waals surface area contributed by atoms with Gasteiger partial charge in [0, 0.05) is 43.2 Å². The molecule has 1 aliphatic rings. The van der Waals surface area contributed by atoms with Crippen molar-refractivity contribution in [1.29, 1.82) is 0 Å². The lowest BCUT2D eigenvalue weighted by Gasteiger charge is -2.35. The number of benzene rings is 2. The van der Waals surface area contributed by atoms with Gasteiger partial charge in [-0.05, 0) is 36.4 Å². The Kier molecular flexibility index (Phi) is 5.00. The van der Waals surface area contributed by atoms with E-state index in [4.69, 9.17) is 9.15 Å². The number of hydrogen-bond acceptors (Lipinski definition) is 6. The van der Waals surface area contributed by atoms with E-state index in [1.807, 2.05) is 65.6 Å². The lowest BCUT2D eigenvalue weighted by atomic mass is 10.1. The molecule has 5 rings (SSSR count). The van der Waals surface area contributed by atoms with Gasteiger partial charge in [-0.2, -0.15) is 0 Å². The zero-order valence-corrected chi connectivity index (χ0v) is 17.2. The summed E-state index contributed by atoms with van der Waals surface area (Å²) < 4.78 is 11.0. The molecule has 1 aliphatic heterocycles. The molecule has 4 aromatic rings. The van der Waals surface area contributed by atoms with Crippen LogP contribution in [0, 0.1) is 0 Å². The summed E-state index contributed by atoms with van der Waals surface area (Å²) in [5.74, 6) is 1.98. The Hall–Kier alpha value is -3.87. The summed E-state index contributed by atoms with van der Waals surface area (Å²) in [7, 11) is 1.65. The molecule has 0 unspecified atom stereocenters. The van der Waals surface area contributed by atoms with Gasteiger partial charge in [0.2, 0.25) is 0 Å². The molecule has 1 fully saturated rings. The van der Waals surface area contributed by atoms with Gasteiger partial charge in [0.1, 0.15) is 23.5 Å². The quantitative estimate of drug-likeness (QED) is 0.505.